The lowest BCUT2D eigenvalue weighted by Crippen LogP contribution is -2.49. The molecule has 0 saturated carbocycles. The molecular formula is C13H27N3O. The standard InChI is InChI=1S/C13H27N3O/c1-15-8-3-12(9-15)10-16(2)11-13(17)4-6-14-7-5-13/h12,14,17H,3-11H2,1-2H3. The SMILES string of the molecule is CN1CCC(CN(C)CC2(O)CCNCC2)C1. The predicted molar refractivity (Wildman–Crippen MR) is 70.2 cm³/mol. The molecule has 4 nitrogen and oxygen atoms in total. The molecule has 1 atom stereocenters. The van der Waals surface area contributed by atoms with Crippen LogP contribution in [0.1, 0.15) is 19.3 Å². The average Bonchev–Trinajstić information content (AvgIpc) is 2.63. The van der Waals surface area contributed by atoms with Crippen molar-refractivity contribution in [2.45, 2.75) is 24.9 Å². The van der Waals surface area contributed by atoms with Crippen molar-refractivity contribution in [3.63, 3.8) is 0 Å². The molecule has 2 aliphatic rings. The van der Waals surface area contributed by atoms with Gasteiger partial charge < -0.3 is 20.2 Å². The van der Waals surface area contributed by atoms with Crippen LogP contribution >= 0.6 is 0 Å². The van der Waals surface area contributed by atoms with E-state index >= 15 is 0 Å². The van der Waals surface area contributed by atoms with Gasteiger partial charge in [0, 0.05) is 19.6 Å². The predicted octanol–water partition coefficient (Wildman–Crippen LogP) is -0.0156. The summed E-state index contributed by atoms with van der Waals surface area (Å²) in [6.45, 7) is 6.30. The van der Waals surface area contributed by atoms with Gasteiger partial charge >= 0.3 is 0 Å². The first-order chi connectivity index (χ1) is 8.07. The van der Waals surface area contributed by atoms with E-state index < -0.39 is 5.60 Å². The fraction of sp³-hybridized carbons (Fsp3) is 1.00. The summed E-state index contributed by atoms with van der Waals surface area (Å²) in [6.07, 6.45) is 3.09. The van der Waals surface area contributed by atoms with Crippen molar-refractivity contribution >= 4 is 0 Å². The van der Waals surface area contributed by atoms with Crippen molar-refractivity contribution < 1.29 is 5.11 Å². The summed E-state index contributed by atoms with van der Waals surface area (Å²) in [6, 6.07) is 0. The van der Waals surface area contributed by atoms with Crippen molar-refractivity contribution in [1.82, 2.24) is 15.1 Å². The Hall–Kier alpha value is -0.160. The Morgan fingerprint density at radius 1 is 1.41 bits per heavy atom. The minimum atomic E-state index is -0.454. The van der Waals surface area contributed by atoms with Crippen LogP contribution < -0.4 is 5.32 Å². The molecule has 1 unspecified atom stereocenters. The molecule has 2 heterocycles. The highest BCUT2D eigenvalue weighted by molar-refractivity contribution is 4.87. The van der Waals surface area contributed by atoms with Gasteiger partial charge in [-0.25, -0.2) is 0 Å². The van der Waals surface area contributed by atoms with Gasteiger partial charge in [0.25, 0.3) is 0 Å². The molecule has 0 aromatic carbocycles. The van der Waals surface area contributed by atoms with Gasteiger partial charge in [0.2, 0.25) is 0 Å². The molecule has 0 bridgehead atoms. The lowest BCUT2D eigenvalue weighted by Gasteiger charge is -2.36. The molecule has 100 valence electrons. The van der Waals surface area contributed by atoms with Gasteiger partial charge in [-0.1, -0.05) is 0 Å². The molecule has 0 aliphatic carbocycles. The van der Waals surface area contributed by atoms with Gasteiger partial charge in [-0.2, -0.15) is 0 Å². The minimum absolute atomic E-state index is 0.454. The highest BCUT2D eigenvalue weighted by Crippen LogP contribution is 2.21. The van der Waals surface area contributed by atoms with Crippen LogP contribution in [0.2, 0.25) is 0 Å². The van der Waals surface area contributed by atoms with Crippen LogP contribution in [-0.4, -0.2) is 73.9 Å². The van der Waals surface area contributed by atoms with E-state index in [2.05, 4.69) is 29.2 Å². The second-order valence-corrected chi connectivity index (χ2v) is 6.09. The van der Waals surface area contributed by atoms with E-state index in [1.165, 1.54) is 19.5 Å². The average molecular weight is 241 g/mol. The Labute approximate surface area is 105 Å². The summed E-state index contributed by atoms with van der Waals surface area (Å²) in [4.78, 5) is 4.73. The number of rotatable bonds is 4. The third-order valence-electron chi connectivity index (χ3n) is 4.16. The van der Waals surface area contributed by atoms with Gasteiger partial charge in [-0.05, 0) is 58.9 Å². The molecule has 0 aromatic rings. The van der Waals surface area contributed by atoms with Crippen molar-refractivity contribution in [3.05, 3.63) is 0 Å². The Morgan fingerprint density at radius 3 is 2.71 bits per heavy atom. The van der Waals surface area contributed by atoms with Gasteiger partial charge in [0.15, 0.2) is 0 Å². The first kappa shape index (κ1) is 13.3. The molecular weight excluding hydrogens is 214 g/mol. The summed E-state index contributed by atoms with van der Waals surface area (Å²) >= 11 is 0. The van der Waals surface area contributed by atoms with Crippen molar-refractivity contribution in [3.8, 4) is 0 Å². The van der Waals surface area contributed by atoms with E-state index in [4.69, 9.17) is 0 Å². The molecule has 2 fully saturated rings. The Kier molecular flexibility index (Phi) is 4.42. The van der Waals surface area contributed by atoms with Crippen LogP contribution in [-0.2, 0) is 0 Å². The van der Waals surface area contributed by atoms with Crippen LogP contribution in [0.3, 0.4) is 0 Å². The number of likely N-dealkylation sites (N-methyl/N-ethyl adjacent to an activating group) is 1. The molecule has 17 heavy (non-hydrogen) atoms. The number of piperidine rings is 1. The van der Waals surface area contributed by atoms with E-state index in [0.29, 0.717) is 0 Å². The van der Waals surface area contributed by atoms with Crippen LogP contribution in [0.25, 0.3) is 0 Å². The van der Waals surface area contributed by atoms with E-state index in [1.807, 2.05) is 0 Å². The summed E-state index contributed by atoms with van der Waals surface area (Å²) in [7, 11) is 4.35. The second kappa shape index (κ2) is 5.65. The fourth-order valence-corrected chi connectivity index (χ4v) is 3.23. The molecule has 2 N–H and O–H groups in total. The maximum absolute atomic E-state index is 10.5. The maximum atomic E-state index is 10.5. The number of hydrogen-bond acceptors (Lipinski definition) is 4. The zero-order valence-electron chi connectivity index (χ0n) is 11.3. The lowest BCUT2D eigenvalue weighted by molar-refractivity contribution is -0.0176. The van der Waals surface area contributed by atoms with Gasteiger partial charge in [-0.15, -0.1) is 0 Å². The fourth-order valence-electron chi connectivity index (χ4n) is 3.23. The highest BCUT2D eigenvalue weighted by atomic mass is 16.3. The van der Waals surface area contributed by atoms with Crippen LogP contribution in [0.4, 0.5) is 0 Å². The maximum Gasteiger partial charge on any atom is 0.0798 e. The number of nitrogens with zero attached hydrogens (tertiary/aromatic N) is 2. The quantitative estimate of drug-likeness (QED) is 0.726. The van der Waals surface area contributed by atoms with E-state index in [1.54, 1.807) is 0 Å². The lowest BCUT2D eigenvalue weighted by atomic mass is 9.91. The topological polar surface area (TPSA) is 38.7 Å². The normalized spacial score (nSPS) is 30.0. The molecule has 4 heteroatoms. The molecule has 2 saturated heterocycles. The molecule has 0 amide bonds. The summed E-state index contributed by atoms with van der Waals surface area (Å²) in [5.41, 5.74) is -0.454. The van der Waals surface area contributed by atoms with Gasteiger partial charge in [-0.3, -0.25) is 0 Å². The first-order valence-electron chi connectivity index (χ1n) is 6.88. The van der Waals surface area contributed by atoms with Crippen molar-refractivity contribution in [2.24, 2.45) is 5.92 Å². The van der Waals surface area contributed by atoms with Gasteiger partial charge in [0.05, 0.1) is 5.60 Å². The summed E-state index contributed by atoms with van der Waals surface area (Å²) in [5.74, 6) is 0.787. The number of aliphatic hydroxyl groups is 1. The molecule has 0 aromatic heterocycles. The molecule has 0 spiro atoms. The molecule has 2 rings (SSSR count). The van der Waals surface area contributed by atoms with E-state index in [9.17, 15) is 5.11 Å². The van der Waals surface area contributed by atoms with Crippen LogP contribution in [0, 0.1) is 5.92 Å². The zero-order valence-corrected chi connectivity index (χ0v) is 11.3. The number of hydrogen-bond donors (Lipinski definition) is 2. The molecule has 0 radical (unpaired) electrons. The second-order valence-electron chi connectivity index (χ2n) is 6.09. The zero-order chi connectivity index (χ0) is 12.3. The first-order valence-corrected chi connectivity index (χ1v) is 6.88. The van der Waals surface area contributed by atoms with Crippen LogP contribution in [0.15, 0.2) is 0 Å². The largest absolute Gasteiger partial charge is 0.388 e. The minimum Gasteiger partial charge on any atom is -0.388 e. The Morgan fingerprint density at radius 2 is 2.12 bits per heavy atom. The smallest absolute Gasteiger partial charge is 0.0798 e. The third kappa shape index (κ3) is 3.91. The van der Waals surface area contributed by atoms with E-state index in [-0.39, 0.29) is 0 Å². The van der Waals surface area contributed by atoms with Crippen molar-refractivity contribution in [1.29, 1.82) is 0 Å². The summed E-state index contributed by atoms with van der Waals surface area (Å²) in [5, 5.41) is 13.8. The van der Waals surface area contributed by atoms with E-state index in [0.717, 1.165) is 44.9 Å². The van der Waals surface area contributed by atoms with Crippen LogP contribution in [0.5, 0.6) is 0 Å². The number of nitrogens with one attached hydrogen (secondary N) is 1. The van der Waals surface area contributed by atoms with Crippen molar-refractivity contribution in [2.75, 3.05) is 53.4 Å². The van der Waals surface area contributed by atoms with Gasteiger partial charge in [0.1, 0.15) is 0 Å². The Balaban J connectivity index is 1.74. The third-order valence-corrected chi connectivity index (χ3v) is 4.16. The summed E-state index contributed by atoms with van der Waals surface area (Å²) < 4.78 is 0. The monoisotopic (exact) mass is 241 g/mol. The molecule has 2 aliphatic heterocycles. The highest BCUT2D eigenvalue weighted by Gasteiger charge is 2.31. The number of likely N-dealkylation sites (tertiary alicyclic amines) is 1. The Bertz CT molecular complexity index is 241.